The minimum Gasteiger partial charge on any atom is -0.345 e. The molecule has 9 heteroatoms. The van der Waals surface area contributed by atoms with Crippen LogP contribution in [0.5, 0.6) is 0 Å². The highest BCUT2D eigenvalue weighted by Gasteiger charge is 2.19. The van der Waals surface area contributed by atoms with Crippen LogP contribution in [0, 0.1) is 0 Å². The lowest BCUT2D eigenvalue weighted by Gasteiger charge is -2.34. The van der Waals surface area contributed by atoms with Crippen LogP contribution in [0.4, 0.5) is 5.69 Å². The third kappa shape index (κ3) is 4.49. The first kappa shape index (κ1) is 20.9. The zero-order valence-corrected chi connectivity index (χ0v) is 18.6. The van der Waals surface area contributed by atoms with Gasteiger partial charge in [-0.25, -0.2) is 9.97 Å². The average molecular weight is 456 g/mol. The predicted molar refractivity (Wildman–Crippen MR) is 131 cm³/mol. The maximum absolute atomic E-state index is 10.9. The Bertz CT molecular complexity index is 1290. The van der Waals surface area contributed by atoms with Crippen molar-refractivity contribution in [3.05, 3.63) is 67.0 Å². The molecular weight excluding hydrogens is 434 g/mol. The van der Waals surface area contributed by atoms with E-state index >= 15 is 0 Å². The van der Waals surface area contributed by atoms with Crippen molar-refractivity contribution in [3.8, 4) is 22.8 Å². The molecule has 164 valence electrons. The number of benzene rings is 1. The van der Waals surface area contributed by atoms with Gasteiger partial charge in [0.2, 0.25) is 6.41 Å². The number of rotatable bonds is 4. The van der Waals surface area contributed by atoms with Gasteiger partial charge in [-0.1, -0.05) is 12.1 Å². The van der Waals surface area contributed by atoms with Gasteiger partial charge in [0.25, 0.3) is 0 Å². The van der Waals surface area contributed by atoms with Crippen molar-refractivity contribution in [2.24, 2.45) is 0 Å². The fourth-order valence-corrected chi connectivity index (χ4v) is 4.03. The topological polar surface area (TPSA) is 87.1 Å². The van der Waals surface area contributed by atoms with Crippen molar-refractivity contribution in [1.29, 1.82) is 0 Å². The summed E-state index contributed by atoms with van der Waals surface area (Å²) in [4.78, 5) is 33.5. The van der Waals surface area contributed by atoms with Gasteiger partial charge in [-0.15, -0.1) is 0 Å². The monoisotopic (exact) mass is 455 g/mol. The Morgan fingerprint density at radius 2 is 1.48 bits per heavy atom. The van der Waals surface area contributed by atoms with Crippen molar-refractivity contribution in [2.75, 3.05) is 31.5 Å². The van der Waals surface area contributed by atoms with Gasteiger partial charge in [-0.3, -0.25) is 14.8 Å². The van der Waals surface area contributed by atoms with Crippen LogP contribution in [-0.4, -0.2) is 67.4 Å². The summed E-state index contributed by atoms with van der Waals surface area (Å²) >= 11 is 5.59. The standard InChI is InChI=1S/C24H21N7OS/c32-16-30-11-13-31(14-12-30)24(33)27-17-7-8-18-21(15-17)29-23(20-6-2-4-10-26-20)22(28-18)19-5-1-3-9-25-19/h1-10,15-16H,11-14H2,(H,27,33). The van der Waals surface area contributed by atoms with Gasteiger partial charge in [-0.05, 0) is 54.7 Å². The average Bonchev–Trinajstić information content (AvgIpc) is 2.89. The highest BCUT2D eigenvalue weighted by atomic mass is 32.1. The number of carbonyl (C=O) groups excluding carboxylic acids is 1. The molecule has 0 saturated carbocycles. The molecule has 8 nitrogen and oxygen atoms in total. The van der Waals surface area contributed by atoms with E-state index in [0.29, 0.717) is 42.7 Å². The number of piperazine rings is 1. The van der Waals surface area contributed by atoms with Gasteiger partial charge in [0.05, 0.1) is 22.4 Å². The van der Waals surface area contributed by atoms with E-state index < -0.39 is 0 Å². The van der Waals surface area contributed by atoms with Crippen LogP contribution >= 0.6 is 12.2 Å². The Morgan fingerprint density at radius 1 is 0.848 bits per heavy atom. The summed E-state index contributed by atoms with van der Waals surface area (Å²) in [5.74, 6) is 0. The molecule has 1 aromatic carbocycles. The first-order valence-corrected chi connectivity index (χ1v) is 11.0. The molecule has 1 amide bonds. The zero-order chi connectivity index (χ0) is 22.6. The maximum Gasteiger partial charge on any atom is 0.209 e. The second-order valence-corrected chi connectivity index (χ2v) is 8.00. The van der Waals surface area contributed by atoms with E-state index in [-0.39, 0.29) is 0 Å². The molecule has 0 atom stereocenters. The number of pyridine rings is 2. The molecule has 33 heavy (non-hydrogen) atoms. The fraction of sp³-hybridized carbons (Fsp3) is 0.167. The Kier molecular flexibility index (Phi) is 5.86. The second kappa shape index (κ2) is 9.25. The number of amides is 1. The predicted octanol–water partition coefficient (Wildman–Crippen LogP) is 3.22. The highest BCUT2D eigenvalue weighted by Crippen LogP contribution is 2.29. The number of nitrogens with zero attached hydrogens (tertiary/aromatic N) is 6. The number of nitrogens with one attached hydrogen (secondary N) is 1. The molecule has 1 N–H and O–H groups in total. The Labute approximate surface area is 196 Å². The Balaban J connectivity index is 1.48. The quantitative estimate of drug-likeness (QED) is 0.371. The Morgan fingerprint density at radius 3 is 2.06 bits per heavy atom. The van der Waals surface area contributed by atoms with E-state index in [1.54, 1.807) is 17.3 Å². The molecular formula is C24H21N7OS. The van der Waals surface area contributed by atoms with Crippen LogP contribution in [0.3, 0.4) is 0 Å². The molecule has 0 unspecified atom stereocenters. The molecule has 0 radical (unpaired) electrons. The lowest BCUT2D eigenvalue weighted by Crippen LogP contribution is -2.49. The summed E-state index contributed by atoms with van der Waals surface area (Å²) in [6.45, 7) is 2.74. The SMILES string of the molecule is O=CN1CCN(C(=S)Nc2ccc3nc(-c4ccccn4)c(-c4ccccn4)nc3c2)CC1. The van der Waals surface area contributed by atoms with Gasteiger partial charge in [0, 0.05) is 44.3 Å². The molecule has 4 aromatic rings. The number of aromatic nitrogens is 4. The number of hydrogen-bond donors (Lipinski definition) is 1. The first-order chi connectivity index (χ1) is 16.2. The minimum absolute atomic E-state index is 0.628. The van der Waals surface area contributed by atoms with Gasteiger partial charge < -0.3 is 15.1 Å². The molecule has 1 aliphatic rings. The van der Waals surface area contributed by atoms with E-state index in [1.807, 2.05) is 54.6 Å². The molecule has 3 aromatic heterocycles. The highest BCUT2D eigenvalue weighted by molar-refractivity contribution is 7.80. The number of thiocarbonyl (C=S) groups is 1. The summed E-state index contributed by atoms with van der Waals surface area (Å²) in [7, 11) is 0. The van der Waals surface area contributed by atoms with Crippen molar-refractivity contribution < 1.29 is 4.79 Å². The van der Waals surface area contributed by atoms with Crippen molar-refractivity contribution in [3.63, 3.8) is 0 Å². The minimum atomic E-state index is 0.628. The van der Waals surface area contributed by atoms with E-state index in [0.717, 1.165) is 34.5 Å². The molecule has 0 bridgehead atoms. The largest absolute Gasteiger partial charge is 0.345 e. The Hall–Kier alpha value is -3.98. The molecule has 5 rings (SSSR count). The summed E-state index contributed by atoms with van der Waals surface area (Å²) in [5.41, 5.74) is 5.15. The third-order valence-electron chi connectivity index (χ3n) is 5.48. The molecule has 1 aliphatic heterocycles. The lowest BCUT2D eigenvalue weighted by molar-refractivity contribution is -0.119. The number of carbonyl (C=O) groups is 1. The van der Waals surface area contributed by atoms with Gasteiger partial charge in [0.1, 0.15) is 11.4 Å². The van der Waals surface area contributed by atoms with E-state index in [2.05, 4.69) is 20.2 Å². The molecule has 4 heterocycles. The molecule has 1 saturated heterocycles. The fourth-order valence-electron chi connectivity index (χ4n) is 3.73. The van der Waals surface area contributed by atoms with Gasteiger partial charge >= 0.3 is 0 Å². The normalized spacial score (nSPS) is 13.7. The molecule has 0 aliphatic carbocycles. The number of hydrogen-bond acceptors (Lipinski definition) is 6. The van der Waals surface area contributed by atoms with Crippen LogP contribution in [0.25, 0.3) is 33.8 Å². The maximum atomic E-state index is 10.9. The van der Waals surface area contributed by atoms with Crippen LogP contribution in [-0.2, 0) is 4.79 Å². The van der Waals surface area contributed by atoms with Crippen LogP contribution in [0.1, 0.15) is 0 Å². The summed E-state index contributed by atoms with van der Waals surface area (Å²) in [6, 6.07) is 17.2. The van der Waals surface area contributed by atoms with Gasteiger partial charge in [-0.2, -0.15) is 0 Å². The second-order valence-electron chi connectivity index (χ2n) is 7.61. The van der Waals surface area contributed by atoms with Crippen molar-refractivity contribution in [1.82, 2.24) is 29.7 Å². The van der Waals surface area contributed by atoms with Crippen LogP contribution in [0.15, 0.2) is 67.0 Å². The van der Waals surface area contributed by atoms with Crippen molar-refractivity contribution in [2.45, 2.75) is 0 Å². The zero-order valence-electron chi connectivity index (χ0n) is 17.8. The number of fused-ring (bicyclic) bond motifs is 1. The number of anilines is 1. The van der Waals surface area contributed by atoms with Crippen LogP contribution in [0.2, 0.25) is 0 Å². The smallest absolute Gasteiger partial charge is 0.209 e. The summed E-state index contributed by atoms with van der Waals surface area (Å²) in [5, 5.41) is 3.92. The van der Waals surface area contributed by atoms with E-state index in [9.17, 15) is 4.79 Å². The summed E-state index contributed by atoms with van der Waals surface area (Å²) in [6.07, 6.45) is 4.37. The van der Waals surface area contributed by atoms with Gasteiger partial charge in [0.15, 0.2) is 5.11 Å². The molecule has 1 fully saturated rings. The third-order valence-corrected chi connectivity index (χ3v) is 5.84. The van der Waals surface area contributed by atoms with E-state index in [4.69, 9.17) is 22.2 Å². The molecule has 0 spiro atoms. The summed E-state index contributed by atoms with van der Waals surface area (Å²) < 4.78 is 0. The first-order valence-electron chi connectivity index (χ1n) is 10.6. The van der Waals surface area contributed by atoms with Crippen LogP contribution < -0.4 is 5.32 Å². The lowest BCUT2D eigenvalue weighted by atomic mass is 10.1. The van der Waals surface area contributed by atoms with Crippen molar-refractivity contribution >= 4 is 40.5 Å². The van der Waals surface area contributed by atoms with E-state index in [1.165, 1.54) is 0 Å².